The van der Waals surface area contributed by atoms with Crippen molar-refractivity contribution >= 4 is 27.7 Å². The second kappa shape index (κ2) is 3.67. The van der Waals surface area contributed by atoms with Crippen LogP contribution in [0.4, 0.5) is 0 Å². The monoisotopic (exact) mass is 217 g/mol. The van der Waals surface area contributed by atoms with E-state index in [4.69, 9.17) is 0 Å². The molecule has 0 unspecified atom stereocenters. The van der Waals surface area contributed by atoms with Crippen LogP contribution >= 0.6 is 15.9 Å². The largest absolute Gasteiger partial charge is 0.275 e. The third-order valence-corrected chi connectivity index (χ3v) is 1.98. The quantitative estimate of drug-likeness (QED) is 0.516. The van der Waals surface area contributed by atoms with Gasteiger partial charge >= 0.3 is 0 Å². The Balaban J connectivity index is 2.46. The molecule has 0 fully saturated rings. The molecule has 0 aromatic heterocycles. The van der Waals surface area contributed by atoms with Gasteiger partial charge in [-0.1, -0.05) is 15.9 Å². The van der Waals surface area contributed by atoms with Gasteiger partial charge in [0.05, 0.1) is 0 Å². The van der Waals surface area contributed by atoms with Crippen molar-refractivity contribution < 1.29 is 9.59 Å². The zero-order valence-electron chi connectivity index (χ0n) is 5.92. The Morgan fingerprint density at radius 2 is 1.82 bits per heavy atom. The number of carbonyl (C=O) groups excluding carboxylic acids is 2. The summed E-state index contributed by atoms with van der Waals surface area (Å²) in [6, 6.07) is 0. The van der Waals surface area contributed by atoms with Crippen molar-refractivity contribution in [3.8, 4) is 0 Å². The van der Waals surface area contributed by atoms with E-state index in [0.29, 0.717) is 6.54 Å². The van der Waals surface area contributed by atoms with Gasteiger partial charge in [-0.25, -0.2) is 0 Å². The topological polar surface area (TPSA) is 37.4 Å². The molecule has 3 nitrogen and oxygen atoms in total. The summed E-state index contributed by atoms with van der Waals surface area (Å²) in [5, 5.41) is 0.810. The lowest BCUT2D eigenvalue weighted by Crippen LogP contribution is -2.30. The van der Waals surface area contributed by atoms with Crippen molar-refractivity contribution in [1.82, 2.24) is 4.90 Å². The summed E-state index contributed by atoms with van der Waals surface area (Å²) < 4.78 is 0. The normalized spacial score (nSPS) is 16.6. The second-order valence-corrected chi connectivity index (χ2v) is 3.00. The highest BCUT2D eigenvalue weighted by atomic mass is 79.9. The van der Waals surface area contributed by atoms with Crippen LogP contribution < -0.4 is 0 Å². The fraction of sp³-hybridized carbons (Fsp3) is 0.429. The molecular formula is C7H8BrNO2. The van der Waals surface area contributed by atoms with Crippen LogP contribution in [0.5, 0.6) is 0 Å². The van der Waals surface area contributed by atoms with Crippen LogP contribution in [0.1, 0.15) is 6.42 Å². The van der Waals surface area contributed by atoms with E-state index in [1.54, 1.807) is 0 Å². The lowest BCUT2D eigenvalue weighted by Gasteiger charge is -2.11. The van der Waals surface area contributed by atoms with Gasteiger partial charge in [0.25, 0.3) is 11.8 Å². The molecule has 60 valence electrons. The van der Waals surface area contributed by atoms with E-state index in [-0.39, 0.29) is 11.8 Å². The van der Waals surface area contributed by atoms with Crippen molar-refractivity contribution in [1.29, 1.82) is 0 Å². The first-order chi connectivity index (χ1) is 5.25. The van der Waals surface area contributed by atoms with E-state index < -0.39 is 0 Å². The molecule has 0 aromatic carbocycles. The minimum absolute atomic E-state index is 0.198. The molecule has 4 heteroatoms. The molecule has 11 heavy (non-hydrogen) atoms. The van der Waals surface area contributed by atoms with Gasteiger partial charge in [0.1, 0.15) is 0 Å². The number of rotatable bonds is 3. The first kappa shape index (κ1) is 8.46. The van der Waals surface area contributed by atoms with E-state index in [9.17, 15) is 9.59 Å². The van der Waals surface area contributed by atoms with Gasteiger partial charge in [0.2, 0.25) is 0 Å². The first-order valence-corrected chi connectivity index (χ1v) is 4.47. The predicted molar refractivity (Wildman–Crippen MR) is 44.3 cm³/mol. The van der Waals surface area contributed by atoms with Gasteiger partial charge in [-0.05, 0) is 6.42 Å². The summed E-state index contributed by atoms with van der Waals surface area (Å²) in [6.07, 6.45) is 3.41. The maximum Gasteiger partial charge on any atom is 0.253 e. The molecule has 1 aliphatic rings. The van der Waals surface area contributed by atoms with Crippen LogP contribution in [0.15, 0.2) is 12.2 Å². The first-order valence-electron chi connectivity index (χ1n) is 3.35. The van der Waals surface area contributed by atoms with Crippen molar-refractivity contribution in [2.75, 3.05) is 11.9 Å². The number of hydrogen-bond acceptors (Lipinski definition) is 2. The third-order valence-electron chi connectivity index (χ3n) is 1.42. The summed E-state index contributed by atoms with van der Waals surface area (Å²) in [6.45, 7) is 0.510. The van der Waals surface area contributed by atoms with Crippen molar-refractivity contribution in [3.63, 3.8) is 0 Å². The Kier molecular flexibility index (Phi) is 2.82. The zero-order chi connectivity index (χ0) is 8.27. The molecular weight excluding hydrogens is 210 g/mol. The molecule has 1 rings (SSSR count). The van der Waals surface area contributed by atoms with Gasteiger partial charge < -0.3 is 0 Å². The molecule has 0 aromatic rings. The average Bonchev–Trinajstić information content (AvgIpc) is 2.29. The standard InChI is InChI=1S/C7H8BrNO2/c8-4-1-5-9-6(10)2-3-7(9)11/h2-3H,1,4-5H2. The molecule has 0 radical (unpaired) electrons. The van der Waals surface area contributed by atoms with E-state index in [1.165, 1.54) is 17.1 Å². The van der Waals surface area contributed by atoms with Crippen LogP contribution in [0, 0.1) is 0 Å². The number of amides is 2. The smallest absolute Gasteiger partial charge is 0.253 e. The molecule has 0 N–H and O–H groups in total. The molecule has 0 atom stereocenters. The molecule has 1 aliphatic heterocycles. The summed E-state index contributed by atoms with van der Waals surface area (Å²) in [5.74, 6) is -0.396. The highest BCUT2D eigenvalue weighted by Crippen LogP contribution is 2.04. The number of halogens is 1. The summed E-state index contributed by atoms with van der Waals surface area (Å²) in [4.78, 5) is 23.0. The fourth-order valence-corrected chi connectivity index (χ4v) is 1.12. The van der Waals surface area contributed by atoms with Crippen LogP contribution in [-0.4, -0.2) is 28.6 Å². The minimum Gasteiger partial charge on any atom is -0.275 e. The van der Waals surface area contributed by atoms with Crippen LogP contribution in [0.25, 0.3) is 0 Å². The van der Waals surface area contributed by atoms with Crippen LogP contribution in [0.3, 0.4) is 0 Å². The van der Waals surface area contributed by atoms with E-state index in [1.807, 2.05) is 0 Å². The highest BCUT2D eigenvalue weighted by molar-refractivity contribution is 9.09. The van der Waals surface area contributed by atoms with Crippen LogP contribution in [-0.2, 0) is 9.59 Å². The van der Waals surface area contributed by atoms with Crippen molar-refractivity contribution in [2.24, 2.45) is 0 Å². The summed E-state index contributed by atoms with van der Waals surface area (Å²) in [7, 11) is 0. The van der Waals surface area contributed by atoms with Gasteiger partial charge in [-0.3, -0.25) is 14.5 Å². The molecule has 2 amide bonds. The number of hydrogen-bond donors (Lipinski definition) is 0. The summed E-state index contributed by atoms with van der Waals surface area (Å²) >= 11 is 3.23. The Morgan fingerprint density at radius 3 is 2.27 bits per heavy atom. The fourth-order valence-electron chi connectivity index (χ4n) is 0.869. The number of imide groups is 1. The Morgan fingerprint density at radius 1 is 1.27 bits per heavy atom. The van der Waals surface area contributed by atoms with Crippen molar-refractivity contribution in [3.05, 3.63) is 12.2 Å². The molecule has 0 aliphatic carbocycles. The summed E-state index contributed by atoms with van der Waals surface area (Å²) in [5.41, 5.74) is 0. The highest BCUT2D eigenvalue weighted by Gasteiger charge is 2.21. The molecule has 0 spiro atoms. The minimum atomic E-state index is -0.198. The SMILES string of the molecule is O=C1C=CC(=O)N1CCCBr. The third kappa shape index (κ3) is 1.89. The lowest BCUT2D eigenvalue weighted by atomic mass is 10.4. The Hall–Kier alpha value is -0.640. The lowest BCUT2D eigenvalue weighted by molar-refractivity contribution is -0.136. The molecule has 0 bridgehead atoms. The van der Waals surface area contributed by atoms with Gasteiger partial charge in [0.15, 0.2) is 0 Å². The van der Waals surface area contributed by atoms with Crippen LogP contribution in [0.2, 0.25) is 0 Å². The molecule has 1 heterocycles. The molecule has 0 saturated carbocycles. The van der Waals surface area contributed by atoms with Crippen molar-refractivity contribution in [2.45, 2.75) is 6.42 Å². The van der Waals surface area contributed by atoms with E-state index in [0.717, 1.165) is 11.8 Å². The number of nitrogens with zero attached hydrogens (tertiary/aromatic N) is 1. The molecule has 0 saturated heterocycles. The zero-order valence-corrected chi connectivity index (χ0v) is 7.50. The van der Waals surface area contributed by atoms with Gasteiger partial charge in [-0.2, -0.15) is 0 Å². The number of alkyl halides is 1. The Labute approximate surface area is 73.2 Å². The second-order valence-electron chi connectivity index (χ2n) is 2.20. The van der Waals surface area contributed by atoms with Gasteiger partial charge in [-0.15, -0.1) is 0 Å². The van der Waals surface area contributed by atoms with E-state index >= 15 is 0 Å². The van der Waals surface area contributed by atoms with E-state index in [2.05, 4.69) is 15.9 Å². The number of carbonyl (C=O) groups is 2. The Bertz CT molecular complexity index is 194. The maximum atomic E-state index is 10.9. The maximum absolute atomic E-state index is 10.9. The average molecular weight is 218 g/mol. The van der Waals surface area contributed by atoms with Gasteiger partial charge in [0, 0.05) is 24.0 Å². The predicted octanol–water partition coefficient (Wildman–Crippen LogP) is 0.696.